The molecule has 2 aliphatic heterocycles. The van der Waals surface area contributed by atoms with Crippen molar-refractivity contribution >= 4 is 27.0 Å². The van der Waals surface area contributed by atoms with Gasteiger partial charge in [0, 0.05) is 35.9 Å². The molecular formula is C20H25FN2O2S. The lowest BCUT2D eigenvalue weighted by Gasteiger charge is -2.25. The molecule has 26 heavy (non-hydrogen) atoms. The van der Waals surface area contributed by atoms with Gasteiger partial charge >= 0.3 is 0 Å². The summed E-state index contributed by atoms with van der Waals surface area (Å²) in [5, 5.41) is 0. The number of aliphatic imine (C=N–C) groups is 1. The van der Waals surface area contributed by atoms with E-state index in [2.05, 4.69) is 10.9 Å². The van der Waals surface area contributed by atoms with Crippen molar-refractivity contribution in [1.29, 1.82) is 0 Å². The van der Waals surface area contributed by atoms with Crippen molar-refractivity contribution < 1.29 is 13.4 Å². The number of halogens is 1. The first-order valence-corrected chi connectivity index (χ1v) is 11.0. The van der Waals surface area contributed by atoms with E-state index < -0.39 is 9.52 Å². The fourth-order valence-electron chi connectivity index (χ4n) is 3.54. The van der Waals surface area contributed by atoms with Crippen molar-refractivity contribution in [3.63, 3.8) is 0 Å². The average molecular weight is 376 g/mol. The predicted molar refractivity (Wildman–Crippen MR) is 106 cm³/mol. The fourth-order valence-corrected chi connectivity index (χ4v) is 5.66. The first-order valence-electron chi connectivity index (χ1n) is 8.90. The van der Waals surface area contributed by atoms with Gasteiger partial charge in [-0.3, -0.25) is 14.0 Å². The van der Waals surface area contributed by atoms with Crippen molar-refractivity contribution in [2.75, 3.05) is 24.6 Å². The first-order chi connectivity index (χ1) is 12.3. The van der Waals surface area contributed by atoms with E-state index in [1.165, 1.54) is 12.1 Å². The molecule has 140 valence electrons. The number of hydrogen-bond donors (Lipinski definition) is 0. The molecule has 1 aromatic rings. The lowest BCUT2D eigenvalue weighted by atomic mass is 10.0. The third kappa shape index (κ3) is 4.81. The minimum absolute atomic E-state index is 0.0526. The third-order valence-corrected chi connectivity index (χ3v) is 7.01. The highest BCUT2D eigenvalue weighted by molar-refractivity contribution is 8.00. The van der Waals surface area contributed by atoms with E-state index in [-0.39, 0.29) is 11.7 Å². The second kappa shape index (κ2) is 7.74. The Kier molecular flexibility index (Phi) is 5.61. The molecule has 3 rings (SSSR count). The summed E-state index contributed by atoms with van der Waals surface area (Å²) in [4.78, 5) is 19.0. The van der Waals surface area contributed by atoms with Crippen molar-refractivity contribution in [1.82, 2.24) is 4.90 Å². The Morgan fingerprint density at radius 3 is 2.88 bits per heavy atom. The van der Waals surface area contributed by atoms with Gasteiger partial charge in [-0.05, 0) is 64.8 Å². The SMILES string of the molecule is C=S1(=O)CCC(CCN(Cc2cccc(F)c2)C(=O)C2=CC(C)=NC2)C1. The quantitative estimate of drug-likeness (QED) is 0.717. The molecule has 2 atom stereocenters. The van der Waals surface area contributed by atoms with Crippen LogP contribution < -0.4 is 0 Å². The van der Waals surface area contributed by atoms with Crippen LogP contribution in [0.2, 0.25) is 0 Å². The van der Waals surface area contributed by atoms with E-state index in [0.717, 1.165) is 24.1 Å². The first kappa shape index (κ1) is 18.8. The van der Waals surface area contributed by atoms with Crippen molar-refractivity contribution in [2.24, 2.45) is 10.9 Å². The number of benzene rings is 1. The number of carbonyl (C=O) groups is 1. The molecule has 2 unspecified atom stereocenters. The predicted octanol–water partition coefficient (Wildman–Crippen LogP) is 2.68. The molecule has 0 spiro atoms. The van der Waals surface area contributed by atoms with Crippen LogP contribution in [0.3, 0.4) is 0 Å². The smallest absolute Gasteiger partial charge is 0.252 e. The maximum absolute atomic E-state index is 13.5. The number of allylic oxidation sites excluding steroid dienone is 1. The van der Waals surface area contributed by atoms with E-state index in [0.29, 0.717) is 42.6 Å². The maximum Gasteiger partial charge on any atom is 0.252 e. The van der Waals surface area contributed by atoms with E-state index in [4.69, 9.17) is 0 Å². The summed E-state index contributed by atoms with van der Waals surface area (Å²) in [5.41, 5.74) is 2.29. The van der Waals surface area contributed by atoms with Gasteiger partial charge in [0.25, 0.3) is 5.91 Å². The lowest BCUT2D eigenvalue weighted by molar-refractivity contribution is -0.127. The summed E-state index contributed by atoms with van der Waals surface area (Å²) in [7, 11) is -1.93. The molecule has 1 saturated heterocycles. The van der Waals surface area contributed by atoms with E-state index in [1.54, 1.807) is 11.0 Å². The Balaban J connectivity index is 1.70. The number of carbonyl (C=O) groups excluding carboxylic acids is 1. The Morgan fingerprint density at radius 2 is 2.27 bits per heavy atom. The third-order valence-electron chi connectivity index (χ3n) is 4.95. The van der Waals surface area contributed by atoms with Gasteiger partial charge in [0.15, 0.2) is 0 Å². The van der Waals surface area contributed by atoms with Gasteiger partial charge in [0.05, 0.1) is 6.54 Å². The summed E-state index contributed by atoms with van der Waals surface area (Å²) in [5.74, 6) is 5.10. The molecule has 6 heteroatoms. The van der Waals surface area contributed by atoms with Crippen LogP contribution in [0.15, 0.2) is 40.9 Å². The van der Waals surface area contributed by atoms with Gasteiger partial charge in [0.1, 0.15) is 5.82 Å². The van der Waals surface area contributed by atoms with Crippen molar-refractivity contribution in [3.8, 4) is 0 Å². The highest BCUT2D eigenvalue weighted by Crippen LogP contribution is 2.23. The zero-order valence-electron chi connectivity index (χ0n) is 15.1. The Bertz CT molecular complexity index is 858. The fraction of sp³-hybridized carbons (Fsp3) is 0.450. The Hall–Kier alpha value is -1.95. The van der Waals surface area contributed by atoms with Crippen LogP contribution in [0.1, 0.15) is 25.3 Å². The van der Waals surface area contributed by atoms with Crippen molar-refractivity contribution in [2.45, 2.75) is 26.3 Å². The summed E-state index contributed by atoms with van der Waals surface area (Å²) in [6.45, 7) is 3.20. The molecule has 0 bridgehead atoms. The molecule has 0 saturated carbocycles. The molecule has 1 fully saturated rings. The van der Waals surface area contributed by atoms with Crippen LogP contribution in [0.5, 0.6) is 0 Å². The summed E-state index contributed by atoms with van der Waals surface area (Å²) < 4.78 is 25.6. The molecule has 0 radical (unpaired) electrons. The highest BCUT2D eigenvalue weighted by Gasteiger charge is 2.26. The van der Waals surface area contributed by atoms with Crippen LogP contribution in [0.4, 0.5) is 4.39 Å². The van der Waals surface area contributed by atoms with Crippen molar-refractivity contribution in [3.05, 3.63) is 47.3 Å². The van der Waals surface area contributed by atoms with Crippen LogP contribution in [-0.4, -0.2) is 51.2 Å². The largest absolute Gasteiger partial charge is 0.335 e. The summed E-state index contributed by atoms with van der Waals surface area (Å²) in [6, 6.07) is 6.34. The number of nitrogens with zero attached hydrogens (tertiary/aromatic N) is 2. The van der Waals surface area contributed by atoms with Crippen LogP contribution >= 0.6 is 0 Å². The maximum atomic E-state index is 13.5. The molecule has 0 aliphatic carbocycles. The lowest BCUT2D eigenvalue weighted by Crippen LogP contribution is -2.34. The van der Waals surface area contributed by atoms with E-state index in [9.17, 15) is 13.4 Å². The van der Waals surface area contributed by atoms with Crippen LogP contribution in [0, 0.1) is 11.7 Å². The monoisotopic (exact) mass is 376 g/mol. The van der Waals surface area contributed by atoms with Gasteiger partial charge in [-0.1, -0.05) is 12.1 Å². The zero-order valence-corrected chi connectivity index (χ0v) is 15.9. The minimum atomic E-state index is -1.93. The van der Waals surface area contributed by atoms with Crippen LogP contribution in [-0.2, 0) is 20.9 Å². The highest BCUT2D eigenvalue weighted by atomic mass is 32.2. The minimum Gasteiger partial charge on any atom is -0.335 e. The second-order valence-corrected chi connectivity index (χ2v) is 9.94. The standard InChI is InChI=1S/C20H25FN2O2S/c1-15-10-18(12-22-15)20(24)23(13-17-4-3-5-19(21)11-17)8-6-16-7-9-26(2,25)14-16/h3-5,10-11,16H,2,6-9,12-14H2,1H3. The summed E-state index contributed by atoms with van der Waals surface area (Å²) >= 11 is 0. The Labute approximate surface area is 154 Å². The molecule has 2 aliphatic rings. The molecule has 0 N–H and O–H groups in total. The molecular weight excluding hydrogens is 351 g/mol. The molecule has 1 amide bonds. The Morgan fingerprint density at radius 1 is 1.46 bits per heavy atom. The molecule has 0 aromatic heterocycles. The number of hydrogen-bond acceptors (Lipinski definition) is 3. The topological polar surface area (TPSA) is 49.7 Å². The van der Waals surface area contributed by atoms with Gasteiger partial charge in [0.2, 0.25) is 0 Å². The van der Waals surface area contributed by atoms with Gasteiger partial charge < -0.3 is 4.90 Å². The van der Waals surface area contributed by atoms with Gasteiger partial charge in [-0.2, -0.15) is 0 Å². The molecule has 1 aromatic carbocycles. The van der Waals surface area contributed by atoms with Gasteiger partial charge in [-0.15, -0.1) is 0 Å². The normalized spacial score (nSPS) is 25.1. The van der Waals surface area contributed by atoms with E-state index >= 15 is 0 Å². The zero-order chi connectivity index (χ0) is 18.7. The number of rotatable bonds is 6. The summed E-state index contributed by atoms with van der Waals surface area (Å²) in [6.07, 6.45) is 3.51. The number of amides is 1. The molecule has 4 nitrogen and oxygen atoms in total. The average Bonchev–Trinajstić information content (AvgIpc) is 3.16. The van der Waals surface area contributed by atoms with Crippen LogP contribution in [0.25, 0.3) is 0 Å². The van der Waals surface area contributed by atoms with Gasteiger partial charge in [-0.25, -0.2) is 4.39 Å². The molecule has 2 heterocycles. The second-order valence-electron chi connectivity index (χ2n) is 7.26. The van der Waals surface area contributed by atoms with E-state index in [1.807, 2.05) is 19.1 Å².